The first kappa shape index (κ1) is 14.5. The lowest BCUT2D eigenvalue weighted by atomic mass is 10.0. The Kier molecular flexibility index (Phi) is 4.40. The number of aromatic hydroxyl groups is 1. The van der Waals surface area contributed by atoms with Crippen LogP contribution in [0.3, 0.4) is 0 Å². The van der Waals surface area contributed by atoms with Gasteiger partial charge in [-0.05, 0) is 32.4 Å². The average molecular weight is 273 g/mol. The van der Waals surface area contributed by atoms with Crippen LogP contribution in [0.5, 0.6) is 5.75 Å². The van der Waals surface area contributed by atoms with Gasteiger partial charge in [0.25, 0.3) is 0 Å². The lowest BCUT2D eigenvalue weighted by Gasteiger charge is -2.21. The van der Waals surface area contributed by atoms with E-state index in [2.05, 4.69) is 43.4 Å². The fourth-order valence-corrected chi connectivity index (χ4v) is 2.28. The van der Waals surface area contributed by atoms with E-state index in [-0.39, 0.29) is 23.7 Å². The molecule has 0 saturated carbocycles. The zero-order chi connectivity index (χ0) is 14.7. The Morgan fingerprint density at radius 2 is 1.65 bits per heavy atom. The molecule has 2 atom stereocenters. The molecule has 2 nitrogen and oxygen atoms in total. The molecular formula is C17H20FNO. The van der Waals surface area contributed by atoms with Crippen LogP contribution in [-0.2, 0) is 0 Å². The first-order valence-electron chi connectivity index (χ1n) is 6.78. The van der Waals surface area contributed by atoms with Crippen LogP contribution in [0.2, 0.25) is 0 Å². The molecule has 3 heteroatoms. The minimum Gasteiger partial charge on any atom is -0.508 e. The van der Waals surface area contributed by atoms with Gasteiger partial charge in [0.1, 0.15) is 11.6 Å². The first-order chi connectivity index (χ1) is 9.47. The summed E-state index contributed by atoms with van der Waals surface area (Å²) in [4.78, 5) is 0. The summed E-state index contributed by atoms with van der Waals surface area (Å²) in [5.74, 6) is -0.439. The molecular weight excluding hydrogens is 253 g/mol. The van der Waals surface area contributed by atoms with Gasteiger partial charge >= 0.3 is 0 Å². The molecule has 2 rings (SSSR count). The van der Waals surface area contributed by atoms with Crippen LogP contribution >= 0.6 is 0 Å². The van der Waals surface area contributed by atoms with Crippen LogP contribution in [0.4, 0.5) is 4.39 Å². The summed E-state index contributed by atoms with van der Waals surface area (Å²) in [7, 11) is 0. The van der Waals surface area contributed by atoms with Crippen LogP contribution in [0.25, 0.3) is 0 Å². The lowest BCUT2D eigenvalue weighted by Crippen LogP contribution is -2.23. The summed E-state index contributed by atoms with van der Waals surface area (Å²) < 4.78 is 13.8. The van der Waals surface area contributed by atoms with E-state index in [1.165, 1.54) is 17.2 Å². The molecule has 1 unspecified atom stereocenters. The quantitative estimate of drug-likeness (QED) is 0.872. The number of hydrogen-bond acceptors (Lipinski definition) is 2. The molecule has 2 N–H and O–H groups in total. The molecule has 106 valence electrons. The number of nitrogens with one attached hydrogen (secondary N) is 1. The van der Waals surface area contributed by atoms with Crippen molar-refractivity contribution in [2.75, 3.05) is 0 Å². The number of benzene rings is 2. The van der Waals surface area contributed by atoms with Gasteiger partial charge in [-0.1, -0.05) is 35.9 Å². The summed E-state index contributed by atoms with van der Waals surface area (Å²) >= 11 is 0. The third-order valence-corrected chi connectivity index (χ3v) is 3.53. The van der Waals surface area contributed by atoms with E-state index in [9.17, 15) is 9.50 Å². The van der Waals surface area contributed by atoms with Crippen molar-refractivity contribution in [2.24, 2.45) is 0 Å². The van der Waals surface area contributed by atoms with Crippen molar-refractivity contribution in [3.63, 3.8) is 0 Å². The molecule has 0 amide bonds. The van der Waals surface area contributed by atoms with Crippen molar-refractivity contribution in [3.05, 3.63) is 65.0 Å². The fraction of sp³-hybridized carbons (Fsp3) is 0.294. The second-order valence-corrected chi connectivity index (χ2v) is 5.23. The Labute approximate surface area is 119 Å². The van der Waals surface area contributed by atoms with Crippen molar-refractivity contribution in [1.29, 1.82) is 0 Å². The van der Waals surface area contributed by atoms with Gasteiger partial charge in [-0.2, -0.15) is 0 Å². The van der Waals surface area contributed by atoms with E-state index in [0.717, 1.165) is 6.07 Å². The van der Waals surface area contributed by atoms with E-state index in [0.29, 0.717) is 5.56 Å². The van der Waals surface area contributed by atoms with Crippen molar-refractivity contribution >= 4 is 0 Å². The predicted octanol–water partition coefficient (Wildman–Crippen LogP) is 4.25. The summed E-state index contributed by atoms with van der Waals surface area (Å²) in [5.41, 5.74) is 2.95. The minimum atomic E-state index is -0.388. The number of aryl methyl sites for hydroxylation is 1. The molecule has 2 aromatic carbocycles. The van der Waals surface area contributed by atoms with Gasteiger partial charge < -0.3 is 10.4 Å². The van der Waals surface area contributed by atoms with Crippen LogP contribution in [0, 0.1) is 12.7 Å². The number of hydrogen-bond donors (Lipinski definition) is 2. The molecule has 0 aliphatic rings. The zero-order valence-corrected chi connectivity index (χ0v) is 12.0. The number of phenols is 1. The largest absolute Gasteiger partial charge is 0.508 e. The molecule has 0 bridgehead atoms. The SMILES string of the molecule is Cc1ccc([C@@H](C)NC(C)c2ccc(O)cc2F)cc1. The summed E-state index contributed by atoms with van der Waals surface area (Å²) in [6.45, 7) is 6.02. The second kappa shape index (κ2) is 6.06. The topological polar surface area (TPSA) is 32.3 Å². The third kappa shape index (κ3) is 3.36. The van der Waals surface area contributed by atoms with Gasteiger partial charge in [-0.3, -0.25) is 0 Å². The number of phenolic OH excluding ortho intramolecular Hbond substituents is 1. The van der Waals surface area contributed by atoms with Gasteiger partial charge in [0.2, 0.25) is 0 Å². The van der Waals surface area contributed by atoms with Crippen molar-refractivity contribution in [3.8, 4) is 5.75 Å². The van der Waals surface area contributed by atoms with Gasteiger partial charge in [-0.15, -0.1) is 0 Å². The Morgan fingerprint density at radius 3 is 2.25 bits per heavy atom. The second-order valence-electron chi connectivity index (χ2n) is 5.23. The van der Waals surface area contributed by atoms with Crippen molar-refractivity contribution in [1.82, 2.24) is 5.32 Å². The normalized spacial score (nSPS) is 14.0. The maximum Gasteiger partial charge on any atom is 0.131 e. The van der Waals surface area contributed by atoms with E-state index < -0.39 is 0 Å². The fourth-order valence-electron chi connectivity index (χ4n) is 2.28. The monoisotopic (exact) mass is 273 g/mol. The number of halogens is 1. The highest BCUT2D eigenvalue weighted by Crippen LogP contribution is 2.24. The van der Waals surface area contributed by atoms with Gasteiger partial charge in [0, 0.05) is 23.7 Å². The minimum absolute atomic E-state index is 0.0509. The molecule has 2 aromatic rings. The molecule has 0 heterocycles. The molecule has 20 heavy (non-hydrogen) atoms. The Morgan fingerprint density at radius 1 is 1.00 bits per heavy atom. The van der Waals surface area contributed by atoms with E-state index >= 15 is 0 Å². The summed E-state index contributed by atoms with van der Waals surface area (Å²) in [6.07, 6.45) is 0. The van der Waals surface area contributed by atoms with Gasteiger partial charge in [0.15, 0.2) is 0 Å². The zero-order valence-electron chi connectivity index (χ0n) is 12.0. The molecule has 0 saturated heterocycles. The van der Waals surface area contributed by atoms with Crippen LogP contribution < -0.4 is 5.32 Å². The lowest BCUT2D eigenvalue weighted by molar-refractivity contribution is 0.454. The Bertz CT molecular complexity index is 580. The van der Waals surface area contributed by atoms with Crippen molar-refractivity contribution in [2.45, 2.75) is 32.9 Å². The summed E-state index contributed by atoms with van der Waals surface area (Å²) in [5, 5.41) is 12.6. The van der Waals surface area contributed by atoms with Crippen molar-refractivity contribution < 1.29 is 9.50 Å². The van der Waals surface area contributed by atoms with Gasteiger partial charge in [-0.25, -0.2) is 4.39 Å². The number of rotatable bonds is 4. The third-order valence-electron chi connectivity index (χ3n) is 3.53. The molecule has 0 aliphatic carbocycles. The molecule has 0 fully saturated rings. The highest BCUT2D eigenvalue weighted by molar-refractivity contribution is 5.30. The Hall–Kier alpha value is -1.87. The maximum absolute atomic E-state index is 13.8. The average Bonchev–Trinajstić information content (AvgIpc) is 2.39. The molecule has 0 aromatic heterocycles. The standard InChI is InChI=1S/C17H20FNO/c1-11-4-6-14(7-5-11)12(2)19-13(3)16-9-8-15(20)10-17(16)18/h4-10,12-13,19-20H,1-3H3/t12-,13?/m1/s1. The molecule has 0 radical (unpaired) electrons. The van der Waals surface area contributed by atoms with E-state index in [1.54, 1.807) is 6.07 Å². The molecule has 0 spiro atoms. The van der Waals surface area contributed by atoms with Gasteiger partial charge in [0.05, 0.1) is 0 Å². The maximum atomic E-state index is 13.8. The van der Waals surface area contributed by atoms with Crippen LogP contribution in [0.15, 0.2) is 42.5 Å². The van der Waals surface area contributed by atoms with Crippen LogP contribution in [0.1, 0.15) is 42.6 Å². The first-order valence-corrected chi connectivity index (χ1v) is 6.78. The predicted molar refractivity (Wildman–Crippen MR) is 79.2 cm³/mol. The Balaban J connectivity index is 2.10. The smallest absolute Gasteiger partial charge is 0.131 e. The molecule has 0 aliphatic heterocycles. The summed E-state index contributed by atoms with van der Waals surface area (Å²) in [6, 6.07) is 12.5. The van der Waals surface area contributed by atoms with E-state index in [1.807, 2.05) is 6.92 Å². The highest BCUT2D eigenvalue weighted by Gasteiger charge is 2.14. The van der Waals surface area contributed by atoms with Crippen LogP contribution in [-0.4, -0.2) is 5.11 Å². The van der Waals surface area contributed by atoms with E-state index in [4.69, 9.17) is 0 Å². The highest BCUT2D eigenvalue weighted by atomic mass is 19.1.